The van der Waals surface area contributed by atoms with Gasteiger partial charge in [0.15, 0.2) is 0 Å². The smallest absolute Gasteiger partial charge is 0.378 e. The molecule has 1 rings (SSSR count). The highest BCUT2D eigenvalue weighted by Gasteiger charge is 2.83. The molecule has 1 aromatic rings. The maximum absolute atomic E-state index is 14.2. The van der Waals surface area contributed by atoms with Gasteiger partial charge in [-0.3, -0.25) is 4.79 Å². The van der Waals surface area contributed by atoms with Crippen LogP contribution >= 0.6 is 0 Å². The third kappa shape index (κ3) is 6.93. The normalized spacial score (nSPS) is 14.6. The summed E-state index contributed by atoms with van der Waals surface area (Å²) in [5, 5.41) is -12.0. The Kier molecular flexibility index (Phi) is 9.96. The largest absolute Gasteiger partial charge is 0.512 e. The molecule has 0 aromatic heterocycles. The molecule has 0 saturated carbocycles. The fourth-order valence-electron chi connectivity index (χ4n) is 2.35. The molecule has 0 aliphatic carbocycles. The Morgan fingerprint density at radius 2 is 1.27 bits per heavy atom. The van der Waals surface area contributed by atoms with Gasteiger partial charge < -0.3 is 9.50 Å². The summed E-state index contributed by atoms with van der Waals surface area (Å²) < 4.78 is 192. The molecule has 0 spiro atoms. The highest BCUT2D eigenvalue weighted by atomic mass is 32.3. The van der Waals surface area contributed by atoms with Crippen LogP contribution in [0.4, 0.5) is 39.5 Å². The molecular weight excluding hydrogens is 639 g/mol. The standard InChI is InChI=1S/C18H21F9N2O8S3/c1-4-14(2,3)13(30)28-10-9-11-5-7-12(8-6-11)37-40(35,36)17(23,24)15(19,20)16(21,22)38(31,32)29-39(33,34)18(25,26)27/h5-8,29H,4,9-10H2,1-3H3,(H,28,30). The minimum atomic E-state index is -7.88. The lowest BCUT2D eigenvalue weighted by atomic mass is 9.89. The van der Waals surface area contributed by atoms with E-state index in [0.717, 1.165) is 12.1 Å². The monoisotopic (exact) mass is 660 g/mol. The topological polar surface area (TPSA) is 153 Å². The van der Waals surface area contributed by atoms with E-state index < -0.39 is 67.4 Å². The van der Waals surface area contributed by atoms with Gasteiger partial charge in [-0.1, -0.05) is 37.0 Å². The second-order valence-corrected chi connectivity index (χ2v) is 13.8. The van der Waals surface area contributed by atoms with Crippen molar-refractivity contribution in [3.63, 3.8) is 0 Å². The summed E-state index contributed by atoms with van der Waals surface area (Å²) >= 11 is 0. The summed E-state index contributed by atoms with van der Waals surface area (Å²) in [7, 11) is -22.5. The summed E-state index contributed by atoms with van der Waals surface area (Å²) in [6, 6.07) is 3.21. The van der Waals surface area contributed by atoms with Crippen LogP contribution < -0.4 is 13.6 Å². The van der Waals surface area contributed by atoms with E-state index in [9.17, 15) is 69.6 Å². The Morgan fingerprint density at radius 1 is 0.800 bits per heavy atom. The van der Waals surface area contributed by atoms with Crippen molar-refractivity contribution in [2.24, 2.45) is 5.41 Å². The van der Waals surface area contributed by atoms with Crippen LogP contribution in [0, 0.1) is 5.41 Å². The summed E-state index contributed by atoms with van der Waals surface area (Å²) in [5.74, 6) is -9.07. The second-order valence-electron chi connectivity index (χ2n) is 8.57. The SMILES string of the molecule is CCC(C)(C)C(=O)NCCc1ccc(OS(=O)(=O)C(F)(F)C(F)(F)C(F)(F)S(=O)(=O)NS(=O)(=O)C(F)(F)F)cc1. The number of alkyl halides is 9. The van der Waals surface area contributed by atoms with Gasteiger partial charge in [-0.25, -0.2) is 16.8 Å². The minimum Gasteiger partial charge on any atom is -0.378 e. The number of sulfonamides is 2. The molecule has 0 heterocycles. The van der Waals surface area contributed by atoms with E-state index in [1.165, 1.54) is 0 Å². The van der Waals surface area contributed by atoms with Crippen LogP contribution in [0.1, 0.15) is 32.8 Å². The molecule has 232 valence electrons. The average molecular weight is 661 g/mol. The summed E-state index contributed by atoms with van der Waals surface area (Å²) in [4.78, 5) is 12.0. The van der Waals surface area contributed by atoms with Gasteiger partial charge in [0, 0.05) is 12.0 Å². The van der Waals surface area contributed by atoms with Gasteiger partial charge in [-0.15, -0.1) is 0 Å². The summed E-state index contributed by atoms with van der Waals surface area (Å²) in [6.45, 7) is 5.15. The first kappa shape index (κ1) is 35.7. The number of rotatable bonds is 13. The number of nitrogens with one attached hydrogen (secondary N) is 2. The molecule has 0 aliphatic heterocycles. The van der Waals surface area contributed by atoms with E-state index in [2.05, 4.69) is 9.50 Å². The van der Waals surface area contributed by atoms with Crippen molar-refractivity contribution in [2.75, 3.05) is 6.54 Å². The number of hydrogen-bond donors (Lipinski definition) is 2. The van der Waals surface area contributed by atoms with Crippen LogP contribution in [-0.2, 0) is 41.4 Å². The summed E-state index contributed by atoms with van der Waals surface area (Å²) in [5.41, 5.74) is -7.06. The first-order chi connectivity index (χ1) is 17.6. The highest BCUT2D eigenvalue weighted by Crippen LogP contribution is 2.51. The molecule has 0 saturated heterocycles. The van der Waals surface area contributed by atoms with Crippen LogP contribution in [0.2, 0.25) is 0 Å². The van der Waals surface area contributed by atoms with Gasteiger partial charge in [0.25, 0.3) is 10.0 Å². The van der Waals surface area contributed by atoms with E-state index >= 15 is 0 Å². The molecule has 0 atom stereocenters. The predicted molar refractivity (Wildman–Crippen MR) is 119 cm³/mol. The van der Waals surface area contributed by atoms with Crippen LogP contribution in [0.25, 0.3) is 0 Å². The van der Waals surface area contributed by atoms with Crippen molar-refractivity contribution < 1.29 is 73.7 Å². The first-order valence-electron chi connectivity index (χ1n) is 10.4. The maximum Gasteiger partial charge on any atom is 0.512 e. The fraction of sp³-hybridized carbons (Fsp3) is 0.611. The van der Waals surface area contributed by atoms with E-state index in [0.29, 0.717) is 24.1 Å². The molecule has 40 heavy (non-hydrogen) atoms. The predicted octanol–water partition coefficient (Wildman–Crippen LogP) is 3.08. The van der Waals surface area contributed by atoms with Crippen LogP contribution in [0.3, 0.4) is 0 Å². The molecule has 0 aliphatic rings. The van der Waals surface area contributed by atoms with E-state index in [1.807, 2.05) is 0 Å². The molecular formula is C18H21F9N2O8S3. The number of amides is 1. The lowest BCUT2D eigenvalue weighted by Gasteiger charge is -2.31. The third-order valence-corrected chi connectivity index (χ3v) is 9.83. The Hall–Kier alpha value is -2.33. The quantitative estimate of drug-likeness (QED) is 0.242. The molecule has 0 radical (unpaired) electrons. The lowest BCUT2D eigenvalue weighted by Crippen LogP contribution is -2.64. The zero-order valence-electron chi connectivity index (χ0n) is 20.3. The van der Waals surface area contributed by atoms with E-state index in [-0.39, 0.29) is 18.9 Å². The Labute approximate surface area is 222 Å². The van der Waals surface area contributed by atoms with Crippen molar-refractivity contribution in [2.45, 2.75) is 55.6 Å². The molecule has 22 heteroatoms. The molecule has 0 bridgehead atoms. The zero-order valence-corrected chi connectivity index (χ0v) is 22.8. The Morgan fingerprint density at radius 3 is 1.70 bits per heavy atom. The van der Waals surface area contributed by atoms with Gasteiger partial charge in [0.05, 0.1) is 0 Å². The van der Waals surface area contributed by atoms with Gasteiger partial charge in [0.2, 0.25) is 5.91 Å². The molecule has 1 aromatic carbocycles. The fourth-order valence-corrected chi connectivity index (χ4v) is 5.74. The molecule has 1 amide bonds. The van der Waals surface area contributed by atoms with E-state index in [4.69, 9.17) is 0 Å². The number of benzene rings is 1. The first-order valence-corrected chi connectivity index (χ1v) is 14.8. The molecule has 2 N–H and O–H groups in total. The van der Waals surface area contributed by atoms with Crippen LogP contribution in [-0.4, -0.2) is 59.6 Å². The Balaban J connectivity index is 3.17. The van der Waals surface area contributed by atoms with Crippen LogP contribution in [0.15, 0.2) is 24.3 Å². The number of carbonyl (C=O) groups excluding carboxylic acids is 1. The van der Waals surface area contributed by atoms with E-state index in [1.54, 1.807) is 20.8 Å². The molecule has 10 nitrogen and oxygen atoms in total. The minimum absolute atomic E-state index is 0.0483. The second kappa shape index (κ2) is 11.2. The van der Waals surface area contributed by atoms with Crippen molar-refractivity contribution in [3.05, 3.63) is 29.8 Å². The van der Waals surface area contributed by atoms with Crippen molar-refractivity contribution >= 4 is 36.1 Å². The highest BCUT2D eigenvalue weighted by molar-refractivity contribution is 8.05. The molecule has 0 unspecified atom stereocenters. The molecule has 0 fully saturated rings. The number of halogens is 9. The third-order valence-electron chi connectivity index (χ3n) is 5.23. The van der Waals surface area contributed by atoms with Gasteiger partial charge in [-0.05, 0) is 30.5 Å². The van der Waals surface area contributed by atoms with Gasteiger partial charge in [0.1, 0.15) is 5.75 Å². The van der Waals surface area contributed by atoms with Crippen molar-refractivity contribution in [3.8, 4) is 5.75 Å². The zero-order chi connectivity index (χ0) is 31.8. The van der Waals surface area contributed by atoms with Gasteiger partial charge in [-0.2, -0.15) is 47.9 Å². The Bertz CT molecular complexity index is 1410. The number of hydrogen-bond acceptors (Lipinski definition) is 8. The van der Waals surface area contributed by atoms with Crippen LogP contribution in [0.5, 0.6) is 5.75 Å². The summed E-state index contributed by atoms with van der Waals surface area (Å²) in [6.07, 6.45) is 0.592. The van der Waals surface area contributed by atoms with Crippen molar-refractivity contribution in [1.29, 1.82) is 0 Å². The van der Waals surface area contributed by atoms with Crippen molar-refractivity contribution in [1.82, 2.24) is 9.44 Å². The number of carbonyl (C=O) groups is 1. The average Bonchev–Trinajstić information content (AvgIpc) is 2.77. The lowest BCUT2D eigenvalue weighted by molar-refractivity contribution is -0.245. The maximum atomic E-state index is 14.2. The van der Waals surface area contributed by atoms with Gasteiger partial charge >= 0.3 is 42.1 Å².